The molecule has 0 amide bonds. The number of rotatable bonds is 13. The van der Waals surface area contributed by atoms with Crippen LogP contribution in [0.4, 0.5) is 9.52 Å². The molecule has 0 aliphatic carbocycles. The maximum absolute atomic E-state index is 13.9. The van der Waals surface area contributed by atoms with Gasteiger partial charge in [0.05, 0.1) is 29.0 Å². The molecule has 1 fully saturated rings. The number of nitrogens with one attached hydrogen (secondary N) is 1. The first-order valence-electron chi connectivity index (χ1n) is 17.4. The molecule has 0 radical (unpaired) electrons. The van der Waals surface area contributed by atoms with Crippen molar-refractivity contribution < 1.29 is 42.5 Å². The number of aromatic nitrogens is 1. The van der Waals surface area contributed by atoms with E-state index in [4.69, 9.17) is 28.7 Å². The van der Waals surface area contributed by atoms with Gasteiger partial charge in [-0.2, -0.15) is 0 Å². The zero-order valence-corrected chi connectivity index (χ0v) is 30.1. The largest absolute Gasteiger partial charge is 0.459 e. The number of carbonyl (C=O) groups excluding carboxylic acids is 3. The van der Waals surface area contributed by atoms with Crippen molar-refractivity contribution in [3.8, 4) is 11.3 Å². The molecule has 5 aromatic carbocycles. The lowest BCUT2D eigenvalue weighted by atomic mass is 9.96. The molecule has 7 rings (SSSR count). The lowest BCUT2D eigenvalue weighted by Crippen LogP contribution is -2.64. The van der Waals surface area contributed by atoms with Gasteiger partial charge >= 0.3 is 17.9 Å². The topological polar surface area (TPSA) is 122 Å². The van der Waals surface area contributed by atoms with Crippen LogP contribution in [-0.2, 0) is 30.3 Å². The summed E-state index contributed by atoms with van der Waals surface area (Å²) in [5, 5.41) is 5.52. The highest BCUT2D eigenvalue weighted by Crippen LogP contribution is 2.34. The number of benzene rings is 5. The monoisotopic (exact) mass is 758 g/mol. The molecular weight excluding hydrogens is 724 g/mol. The summed E-state index contributed by atoms with van der Waals surface area (Å²) in [6.07, 6.45) is -4.94. The first-order valence-corrected chi connectivity index (χ1v) is 18.3. The normalized spacial score (nSPS) is 19.2. The van der Waals surface area contributed by atoms with Gasteiger partial charge in [0.2, 0.25) is 0 Å². The van der Waals surface area contributed by atoms with Crippen LogP contribution in [0.2, 0.25) is 0 Å². The number of nitrogens with zero attached hydrogens (tertiary/aromatic N) is 1. The Balaban J connectivity index is 1.27. The van der Waals surface area contributed by atoms with Crippen molar-refractivity contribution in [2.24, 2.45) is 0 Å². The number of halogens is 1. The molecule has 5 atom stereocenters. The van der Waals surface area contributed by atoms with Gasteiger partial charge in [-0.25, -0.2) is 23.8 Å². The van der Waals surface area contributed by atoms with Crippen LogP contribution < -0.4 is 5.32 Å². The molecule has 1 N–H and O–H groups in total. The molecule has 2 heterocycles. The van der Waals surface area contributed by atoms with Gasteiger partial charge < -0.3 is 29.0 Å². The van der Waals surface area contributed by atoms with Crippen LogP contribution in [0.25, 0.3) is 11.3 Å². The fraction of sp³-hybridized carbons (Fsp3) is 0.163. The standard InChI is InChI=1S/C43H35FN2O8S/c44-33-23-21-29(22-24-33)34-27-55-43(45-34)46-36-38(54-41(49)32-19-11-4-12-20-32)37(53-40(48)31-17-9-3-10-18-31)35(26-50-39(47)30-15-7-2-8-16-30)52-42(36)51-25-28-13-5-1-6-14-28/h1-24,27,35-38,42H,25-26H2,(H,45,46)/t35-,36-,37-,38-,42-/m1/s1. The average molecular weight is 759 g/mol. The zero-order valence-electron chi connectivity index (χ0n) is 29.2. The molecule has 0 saturated carbocycles. The second-order valence-corrected chi connectivity index (χ2v) is 13.3. The SMILES string of the molecule is O=C(OC[C@H]1O[C@@H](OCc2ccccc2)[C@H](Nc2nc(-c3ccc(F)cc3)cs2)[C@@H](OC(=O)c2ccccc2)[C@@H]1OC(=O)c1ccccc1)c1ccccc1. The molecule has 10 nitrogen and oxygen atoms in total. The van der Waals surface area contributed by atoms with Crippen LogP contribution in [0.15, 0.2) is 151 Å². The van der Waals surface area contributed by atoms with E-state index in [9.17, 15) is 18.8 Å². The van der Waals surface area contributed by atoms with Crippen LogP contribution in [0.5, 0.6) is 0 Å². The molecule has 278 valence electrons. The lowest BCUT2D eigenvalue weighted by Gasteiger charge is -2.45. The minimum atomic E-state index is -1.32. The van der Waals surface area contributed by atoms with Gasteiger partial charge in [-0.3, -0.25) is 0 Å². The Morgan fingerprint density at radius 1 is 0.673 bits per heavy atom. The van der Waals surface area contributed by atoms with Crippen molar-refractivity contribution in [2.75, 3.05) is 11.9 Å². The molecule has 1 aliphatic rings. The van der Waals surface area contributed by atoms with Gasteiger partial charge in [0, 0.05) is 10.9 Å². The third kappa shape index (κ3) is 9.48. The Morgan fingerprint density at radius 2 is 1.20 bits per heavy atom. The summed E-state index contributed by atoms with van der Waals surface area (Å²) in [5.74, 6) is -2.43. The third-order valence-corrected chi connectivity index (χ3v) is 9.50. The Labute approximate surface area is 320 Å². The first-order chi connectivity index (χ1) is 26.9. The minimum Gasteiger partial charge on any atom is -0.459 e. The van der Waals surface area contributed by atoms with Gasteiger partial charge in [-0.1, -0.05) is 84.9 Å². The summed E-state index contributed by atoms with van der Waals surface area (Å²) in [4.78, 5) is 45.5. The Kier molecular flexibility index (Phi) is 12.0. The molecule has 12 heteroatoms. The first kappa shape index (κ1) is 37.1. The van der Waals surface area contributed by atoms with E-state index in [1.807, 2.05) is 30.3 Å². The smallest absolute Gasteiger partial charge is 0.338 e. The van der Waals surface area contributed by atoms with Gasteiger partial charge in [0.25, 0.3) is 0 Å². The van der Waals surface area contributed by atoms with Gasteiger partial charge in [0.1, 0.15) is 24.6 Å². The van der Waals surface area contributed by atoms with Crippen LogP contribution in [0.3, 0.4) is 0 Å². The fourth-order valence-electron chi connectivity index (χ4n) is 5.95. The molecule has 0 unspecified atom stereocenters. The van der Waals surface area contributed by atoms with Crippen molar-refractivity contribution in [2.45, 2.75) is 37.3 Å². The number of carbonyl (C=O) groups is 3. The fourth-order valence-corrected chi connectivity index (χ4v) is 6.72. The van der Waals surface area contributed by atoms with Crippen molar-refractivity contribution >= 4 is 34.4 Å². The van der Waals surface area contributed by atoms with E-state index >= 15 is 0 Å². The van der Waals surface area contributed by atoms with Crippen LogP contribution in [0, 0.1) is 5.82 Å². The predicted molar refractivity (Wildman–Crippen MR) is 203 cm³/mol. The second-order valence-electron chi connectivity index (χ2n) is 12.5. The van der Waals surface area contributed by atoms with E-state index in [1.165, 1.54) is 23.5 Å². The molecule has 1 saturated heterocycles. The number of thiazole rings is 1. The second kappa shape index (κ2) is 17.7. The quantitative estimate of drug-likeness (QED) is 0.0917. The van der Waals surface area contributed by atoms with Crippen molar-refractivity contribution in [1.82, 2.24) is 4.98 Å². The summed E-state index contributed by atoms with van der Waals surface area (Å²) in [7, 11) is 0. The summed E-state index contributed by atoms with van der Waals surface area (Å²) < 4.78 is 44.9. The average Bonchev–Trinajstić information content (AvgIpc) is 3.71. The number of esters is 3. The summed E-state index contributed by atoms with van der Waals surface area (Å²) >= 11 is 1.26. The molecule has 55 heavy (non-hydrogen) atoms. The van der Waals surface area contributed by atoms with Gasteiger partial charge in [-0.15, -0.1) is 11.3 Å². The number of hydrogen-bond acceptors (Lipinski definition) is 11. The van der Waals surface area contributed by atoms with E-state index in [-0.39, 0.29) is 30.2 Å². The Bertz CT molecular complexity index is 2170. The van der Waals surface area contributed by atoms with Crippen molar-refractivity contribution in [1.29, 1.82) is 0 Å². The third-order valence-electron chi connectivity index (χ3n) is 8.73. The molecular formula is C43H35FN2O8S. The summed E-state index contributed by atoms with van der Waals surface area (Å²) in [5.41, 5.74) is 2.89. The van der Waals surface area contributed by atoms with E-state index in [1.54, 1.807) is 109 Å². The van der Waals surface area contributed by atoms with Crippen molar-refractivity contribution in [3.63, 3.8) is 0 Å². The molecule has 6 aromatic rings. The van der Waals surface area contributed by atoms with E-state index in [2.05, 4.69) is 5.32 Å². The highest BCUT2D eigenvalue weighted by atomic mass is 32.1. The summed E-state index contributed by atoms with van der Waals surface area (Å²) in [6.45, 7) is -0.295. The number of hydrogen-bond donors (Lipinski definition) is 1. The minimum absolute atomic E-state index is 0.0900. The molecule has 1 aromatic heterocycles. The molecule has 1 aliphatic heterocycles. The van der Waals surface area contributed by atoms with E-state index in [0.717, 1.165) is 5.56 Å². The predicted octanol–water partition coefficient (Wildman–Crippen LogP) is 7.98. The van der Waals surface area contributed by atoms with Crippen LogP contribution in [0.1, 0.15) is 36.6 Å². The summed E-state index contributed by atoms with van der Waals surface area (Å²) in [6, 6.07) is 39.4. The van der Waals surface area contributed by atoms with Gasteiger partial charge in [0.15, 0.2) is 23.6 Å². The Hall–Kier alpha value is -6.21. The highest BCUT2D eigenvalue weighted by Gasteiger charge is 2.52. The lowest BCUT2D eigenvalue weighted by molar-refractivity contribution is -0.264. The van der Waals surface area contributed by atoms with E-state index < -0.39 is 48.6 Å². The maximum atomic E-state index is 13.9. The molecule has 0 bridgehead atoms. The highest BCUT2D eigenvalue weighted by molar-refractivity contribution is 7.14. The maximum Gasteiger partial charge on any atom is 0.338 e. The Morgan fingerprint density at radius 3 is 1.78 bits per heavy atom. The van der Waals surface area contributed by atoms with E-state index in [0.29, 0.717) is 22.0 Å². The number of ether oxygens (including phenoxy) is 5. The zero-order chi connectivity index (χ0) is 38.0. The number of anilines is 1. The van der Waals surface area contributed by atoms with Crippen molar-refractivity contribution in [3.05, 3.63) is 179 Å². The van der Waals surface area contributed by atoms with Gasteiger partial charge in [-0.05, 0) is 66.2 Å². The molecule has 0 spiro atoms. The van der Waals surface area contributed by atoms with Crippen LogP contribution in [-0.4, -0.2) is 60.1 Å². The van der Waals surface area contributed by atoms with Crippen LogP contribution >= 0.6 is 11.3 Å².